The van der Waals surface area contributed by atoms with Crippen molar-refractivity contribution in [2.24, 2.45) is 15.9 Å². The number of aryl methyl sites for hydroxylation is 2. The average Bonchev–Trinajstić information content (AvgIpc) is 1.01. The number of ether oxygens (including phenoxy) is 7. The quantitative estimate of drug-likeness (QED) is 0.0684. The molecule has 0 radical (unpaired) electrons. The van der Waals surface area contributed by atoms with Crippen LogP contribution in [0.3, 0.4) is 0 Å². The molecule has 5 heterocycles. The molecule has 96 heavy (non-hydrogen) atoms. The van der Waals surface area contributed by atoms with E-state index < -0.39 is 0 Å². The highest BCUT2D eigenvalue weighted by molar-refractivity contribution is 5.56. The van der Waals surface area contributed by atoms with Gasteiger partial charge in [0.05, 0.1) is 65.7 Å². The number of hydrogen-bond acceptors (Lipinski definition) is 13. The first-order chi connectivity index (χ1) is 45.8. The van der Waals surface area contributed by atoms with Gasteiger partial charge in [-0.25, -0.2) is 4.39 Å². The van der Waals surface area contributed by atoms with Gasteiger partial charge in [0.25, 0.3) is 0 Å². The number of halogens is 1. The number of terminal acetylenes is 1. The van der Waals surface area contributed by atoms with Crippen LogP contribution in [0.4, 0.5) is 15.8 Å². The molecule has 6 aliphatic rings. The molecule has 2 fully saturated rings. The van der Waals surface area contributed by atoms with Gasteiger partial charge in [0.15, 0.2) is 0 Å². The fourth-order valence-electron chi connectivity index (χ4n) is 11.0. The summed E-state index contributed by atoms with van der Waals surface area (Å²) in [6.45, 7) is 47.0. The van der Waals surface area contributed by atoms with Crippen molar-refractivity contribution in [3.05, 3.63) is 166 Å². The molecule has 0 spiro atoms. The third-order valence-corrected chi connectivity index (χ3v) is 16.0. The second-order valence-electron chi connectivity index (χ2n) is 28.1. The fraction of sp³-hybridized carbons (Fsp3) is 0.585. The number of piperidine rings is 1. The largest absolute Gasteiger partial charge is 0.491 e. The molecule has 2 saturated heterocycles. The van der Waals surface area contributed by atoms with Gasteiger partial charge in [-0.05, 0) is 274 Å². The van der Waals surface area contributed by atoms with Crippen molar-refractivity contribution in [2.75, 3.05) is 62.8 Å². The second-order valence-corrected chi connectivity index (χ2v) is 28.1. The normalized spacial score (nSPS) is 16.3. The minimum atomic E-state index is -0.276. The predicted molar refractivity (Wildman–Crippen MR) is 398 cm³/mol. The van der Waals surface area contributed by atoms with Crippen molar-refractivity contribution in [3.63, 3.8) is 0 Å². The molecule has 0 aromatic heterocycles. The monoisotopic (exact) mass is 1320 g/mol. The number of anilines is 2. The zero-order valence-electron chi connectivity index (χ0n) is 62.4. The minimum Gasteiger partial charge on any atom is -0.491 e. The molecule has 5 aromatic carbocycles. The van der Waals surface area contributed by atoms with Crippen LogP contribution < -0.4 is 35.7 Å². The molecule has 13 nitrogen and oxygen atoms in total. The molecule has 14 heteroatoms. The predicted octanol–water partition coefficient (Wildman–Crippen LogP) is 17.2. The molecule has 5 aromatic rings. The lowest BCUT2D eigenvalue weighted by Crippen LogP contribution is -2.35. The van der Waals surface area contributed by atoms with Gasteiger partial charge in [-0.15, -0.1) is 6.42 Å². The van der Waals surface area contributed by atoms with Crippen LogP contribution >= 0.6 is 0 Å². The van der Waals surface area contributed by atoms with Crippen LogP contribution in [0.5, 0.6) is 11.5 Å². The van der Waals surface area contributed by atoms with Crippen LogP contribution in [0, 0.1) is 31.0 Å². The standard InChI is InChI=1S/C12H17N.C12H16O3.C12H14O.C11H23NO.C10H14FN.C10H12N2O.C8H14O.C7H15N/c1-10(2)13-9-5-7-11-6-3-4-8-12(11)13;1-9(2)13-8-12-14-7-10-5-3-4-6-11(10)15-12;1-4-11-5-7-12(8-6-11)9-13-10(2)3;1-11(2,3)13-9-6-10-4-7-12-8-5-10;1-7(2)12-10-8(3)5-4-6-9(10)11;1-7(2)13-8-3-4-9-10(5-8)12-6-11-9;1-7(2)9-8-5-3-4-6-8;1-7(2)8-5-3-4-6-8/h3-4,6,8,10H,5,7,9H2,1-2H3;3-6,9,12H,7-8H2,1-2H3;1,5-8,10H,9H2,2-3H3;10,12H,4-9H2,1-3H3;4-7,12H,1-3H3;3-5,7H,6H2,1-2H3;3-4,7-8H,5-6H2,1-2H3;7H,3-6H2,1-2H3. The van der Waals surface area contributed by atoms with E-state index in [1.807, 2.05) is 135 Å². The number of nitrogens with one attached hydrogen (secondary N) is 2. The second kappa shape index (κ2) is 45.4. The Morgan fingerprint density at radius 2 is 1.34 bits per heavy atom. The van der Waals surface area contributed by atoms with Gasteiger partial charge in [-0.2, -0.15) is 0 Å². The van der Waals surface area contributed by atoms with E-state index in [0.29, 0.717) is 50.4 Å². The van der Waals surface area contributed by atoms with Crippen LogP contribution in [0.25, 0.3) is 0 Å². The van der Waals surface area contributed by atoms with Crippen molar-refractivity contribution in [3.8, 4) is 23.8 Å². The Labute approximate surface area is 580 Å². The molecule has 0 bridgehead atoms. The van der Waals surface area contributed by atoms with E-state index in [2.05, 4.69) is 135 Å². The summed E-state index contributed by atoms with van der Waals surface area (Å²) in [6, 6.07) is 37.1. The Balaban J connectivity index is 0.000000235. The number of nitrogens with zero attached hydrogens (tertiary/aromatic N) is 4. The van der Waals surface area contributed by atoms with Crippen molar-refractivity contribution in [1.82, 2.24) is 10.2 Å². The molecule has 1 atom stereocenters. The molecular formula is C82H125FN6O7. The Morgan fingerprint density at radius 1 is 0.698 bits per heavy atom. The molecule has 5 aliphatic heterocycles. The van der Waals surface area contributed by atoms with Gasteiger partial charge in [0.1, 0.15) is 30.6 Å². The SMILES string of the molecule is C#Cc1ccc(COC(C)C)cc1.CC(C)(C)OCCC1CCNCC1.CC(C)N1CCCC1.CC(C)N1CCCc2ccccc21.CC(C)OC1CC=CC1.CC(C)OCC1OCc2ccccc2O1.CC(C)Oc1ccc2c(c1)=NCN=2.Cc1cccc(F)c1NC(C)C. The van der Waals surface area contributed by atoms with Crippen LogP contribution in [-0.4, -0.2) is 118 Å². The highest BCUT2D eigenvalue weighted by Crippen LogP contribution is 2.29. The van der Waals surface area contributed by atoms with Crippen LogP contribution in [0.15, 0.2) is 131 Å². The number of hydrogen-bond donors (Lipinski definition) is 2. The number of benzene rings is 5. The zero-order chi connectivity index (χ0) is 70.4. The first-order valence-corrected chi connectivity index (χ1v) is 35.9. The van der Waals surface area contributed by atoms with Gasteiger partial charge >= 0.3 is 0 Å². The summed E-state index contributed by atoms with van der Waals surface area (Å²) in [4.78, 5) is 13.4. The van der Waals surface area contributed by atoms with E-state index >= 15 is 0 Å². The number of rotatable bonds is 17. The highest BCUT2D eigenvalue weighted by atomic mass is 19.1. The van der Waals surface area contributed by atoms with Crippen molar-refractivity contribution >= 4 is 11.4 Å². The maximum Gasteiger partial charge on any atom is 0.223 e. The topological polar surface area (TPSA) is 120 Å². The summed E-state index contributed by atoms with van der Waals surface area (Å²) in [5.74, 6) is 5.07. The first kappa shape index (κ1) is 82.3. The Kier molecular flexibility index (Phi) is 38.9. The Hall–Kier alpha value is -6.15. The molecule has 2 N–H and O–H groups in total. The summed E-state index contributed by atoms with van der Waals surface area (Å²) in [5.41, 5.74) is 7.73. The number of para-hydroxylation sites is 3. The minimum absolute atomic E-state index is 0.0346. The lowest BCUT2D eigenvalue weighted by Gasteiger charge is -2.34. The van der Waals surface area contributed by atoms with Crippen LogP contribution in [0.1, 0.15) is 197 Å². The van der Waals surface area contributed by atoms with Gasteiger partial charge < -0.3 is 53.6 Å². The lowest BCUT2D eigenvalue weighted by atomic mass is 9.95. The fourth-order valence-corrected chi connectivity index (χ4v) is 11.0. The first-order valence-electron chi connectivity index (χ1n) is 35.9. The summed E-state index contributed by atoms with van der Waals surface area (Å²) in [7, 11) is 0. The van der Waals surface area contributed by atoms with Crippen molar-refractivity contribution in [2.45, 2.75) is 256 Å². The van der Waals surface area contributed by atoms with E-state index in [0.717, 1.165) is 75.9 Å². The van der Waals surface area contributed by atoms with Gasteiger partial charge in [-0.3, -0.25) is 9.98 Å². The third kappa shape index (κ3) is 34.4. The van der Waals surface area contributed by atoms with E-state index in [1.54, 1.807) is 6.07 Å². The van der Waals surface area contributed by atoms with Crippen LogP contribution in [0.2, 0.25) is 0 Å². The average molecular weight is 1330 g/mol. The molecule has 0 amide bonds. The molecular weight excluding hydrogens is 1200 g/mol. The summed E-state index contributed by atoms with van der Waals surface area (Å²) in [6.07, 6.45) is 22.4. The van der Waals surface area contributed by atoms with E-state index in [9.17, 15) is 4.39 Å². The molecule has 1 unspecified atom stereocenters. The molecule has 1 aliphatic carbocycles. The maximum absolute atomic E-state index is 13.1. The number of fused-ring (bicyclic) bond motifs is 3. The zero-order valence-corrected chi connectivity index (χ0v) is 62.4. The summed E-state index contributed by atoms with van der Waals surface area (Å²) >= 11 is 0. The van der Waals surface area contributed by atoms with E-state index in [4.69, 9.17) is 39.6 Å². The van der Waals surface area contributed by atoms with Gasteiger partial charge in [0.2, 0.25) is 6.29 Å². The maximum atomic E-state index is 13.1. The molecule has 532 valence electrons. The van der Waals surface area contributed by atoms with E-state index in [-0.39, 0.29) is 42.1 Å². The molecule has 11 rings (SSSR count). The highest BCUT2D eigenvalue weighted by Gasteiger charge is 2.21. The Morgan fingerprint density at radius 3 is 1.93 bits per heavy atom. The third-order valence-electron chi connectivity index (χ3n) is 16.0. The summed E-state index contributed by atoms with van der Waals surface area (Å²) < 4.78 is 52.0. The Bertz CT molecular complexity index is 3080. The van der Waals surface area contributed by atoms with Gasteiger partial charge in [-0.1, -0.05) is 78.7 Å². The van der Waals surface area contributed by atoms with Gasteiger partial charge in [0, 0.05) is 54.2 Å². The number of likely N-dealkylation sites (tertiary alicyclic amines) is 1. The molecule has 0 saturated carbocycles. The van der Waals surface area contributed by atoms with E-state index in [1.165, 1.54) is 95.0 Å². The van der Waals surface area contributed by atoms with Crippen molar-refractivity contribution < 1.29 is 37.5 Å². The van der Waals surface area contributed by atoms with Crippen molar-refractivity contribution in [1.29, 1.82) is 0 Å². The lowest BCUT2D eigenvalue weighted by molar-refractivity contribution is -0.150. The van der Waals surface area contributed by atoms with Crippen LogP contribution in [-0.2, 0) is 43.3 Å². The smallest absolute Gasteiger partial charge is 0.223 e. The summed E-state index contributed by atoms with van der Waals surface area (Å²) in [5, 5.41) is 8.36.